The van der Waals surface area contributed by atoms with E-state index in [1.807, 2.05) is 12.4 Å². The number of hydrogen-bond acceptors (Lipinski definition) is 5. The number of rotatable bonds is 4. The third kappa shape index (κ3) is 2.58. The summed E-state index contributed by atoms with van der Waals surface area (Å²) in [5, 5.41) is 13.2. The van der Waals surface area contributed by atoms with Crippen LogP contribution < -0.4 is 10.2 Å². The van der Waals surface area contributed by atoms with E-state index in [1.165, 1.54) is 0 Å². The van der Waals surface area contributed by atoms with Crippen LogP contribution in [0.2, 0.25) is 0 Å². The minimum Gasteiger partial charge on any atom is -0.393 e. The first kappa shape index (κ1) is 12.8. The summed E-state index contributed by atoms with van der Waals surface area (Å²) >= 11 is 0. The van der Waals surface area contributed by atoms with Gasteiger partial charge in [0, 0.05) is 43.5 Å². The highest BCUT2D eigenvalue weighted by molar-refractivity contribution is 5.33. The lowest BCUT2D eigenvalue weighted by atomic mass is 10.00. The third-order valence-corrected chi connectivity index (χ3v) is 4.37. The molecular formula is C14H22N4O. The van der Waals surface area contributed by atoms with E-state index >= 15 is 0 Å². The largest absolute Gasteiger partial charge is 0.393 e. The molecule has 3 unspecified atom stereocenters. The maximum Gasteiger partial charge on any atom is 0.225 e. The fraction of sp³-hybridized carbons (Fsp3) is 0.714. The number of nitrogens with one attached hydrogen (secondary N) is 1. The maximum atomic E-state index is 9.93. The first-order valence-corrected chi connectivity index (χ1v) is 7.22. The van der Waals surface area contributed by atoms with Gasteiger partial charge in [0.2, 0.25) is 5.95 Å². The Kier molecular flexibility index (Phi) is 3.66. The molecule has 0 amide bonds. The Labute approximate surface area is 114 Å². The van der Waals surface area contributed by atoms with Crippen molar-refractivity contribution in [1.82, 2.24) is 15.3 Å². The van der Waals surface area contributed by atoms with E-state index in [9.17, 15) is 5.11 Å². The second kappa shape index (κ2) is 5.43. The normalized spacial score (nSPS) is 29.8. The van der Waals surface area contributed by atoms with Crippen LogP contribution in [0.3, 0.4) is 0 Å². The minimum atomic E-state index is -0.122. The zero-order chi connectivity index (χ0) is 13.2. The van der Waals surface area contributed by atoms with Crippen LogP contribution >= 0.6 is 0 Å². The lowest BCUT2D eigenvalue weighted by molar-refractivity contribution is 0.133. The molecule has 0 spiro atoms. The van der Waals surface area contributed by atoms with Crippen LogP contribution in [0.1, 0.15) is 25.3 Å². The van der Waals surface area contributed by atoms with Crippen molar-refractivity contribution in [1.29, 1.82) is 0 Å². The molecule has 1 saturated carbocycles. The predicted molar refractivity (Wildman–Crippen MR) is 73.8 cm³/mol. The molecule has 1 aromatic rings. The van der Waals surface area contributed by atoms with Gasteiger partial charge in [0.15, 0.2) is 0 Å². The molecule has 5 nitrogen and oxygen atoms in total. The van der Waals surface area contributed by atoms with Gasteiger partial charge in [0.05, 0.1) is 6.10 Å². The third-order valence-electron chi connectivity index (χ3n) is 4.37. The Bertz CT molecular complexity index is 422. The first-order valence-electron chi connectivity index (χ1n) is 7.22. The summed E-state index contributed by atoms with van der Waals surface area (Å²) in [4.78, 5) is 11.1. The summed E-state index contributed by atoms with van der Waals surface area (Å²) in [5.41, 5.74) is 1.12. The Morgan fingerprint density at radius 1 is 1.32 bits per heavy atom. The topological polar surface area (TPSA) is 61.3 Å². The van der Waals surface area contributed by atoms with Crippen molar-refractivity contribution in [3.63, 3.8) is 0 Å². The number of aliphatic hydroxyl groups excluding tert-OH is 1. The highest BCUT2D eigenvalue weighted by Crippen LogP contribution is 2.38. The Morgan fingerprint density at radius 3 is 2.79 bits per heavy atom. The molecule has 2 aliphatic rings. The standard InChI is InChI=1S/C14H22N4O/c1-2-15-5-10-6-16-14(17-7-10)18-8-11-3-4-13(19)12(11)9-18/h6-7,11-13,15,19H,2-5,8-9H2,1H3. The van der Waals surface area contributed by atoms with Crippen molar-refractivity contribution >= 4 is 5.95 Å². The van der Waals surface area contributed by atoms with E-state index in [1.54, 1.807) is 0 Å². The molecule has 0 bridgehead atoms. The quantitative estimate of drug-likeness (QED) is 0.840. The molecular weight excluding hydrogens is 240 g/mol. The van der Waals surface area contributed by atoms with Crippen LogP contribution in [-0.4, -0.2) is 40.8 Å². The Hall–Kier alpha value is -1.20. The van der Waals surface area contributed by atoms with Crippen LogP contribution in [0.4, 0.5) is 5.95 Å². The number of anilines is 1. The van der Waals surface area contributed by atoms with Gasteiger partial charge < -0.3 is 15.3 Å². The molecule has 3 atom stereocenters. The summed E-state index contributed by atoms with van der Waals surface area (Å²) in [5.74, 6) is 1.85. The van der Waals surface area contributed by atoms with Gasteiger partial charge in [-0.1, -0.05) is 6.92 Å². The summed E-state index contributed by atoms with van der Waals surface area (Å²) in [6.07, 6.45) is 5.78. The van der Waals surface area contributed by atoms with Gasteiger partial charge >= 0.3 is 0 Å². The summed E-state index contributed by atoms with van der Waals surface area (Å²) < 4.78 is 0. The van der Waals surface area contributed by atoms with Gasteiger partial charge in [0.25, 0.3) is 0 Å². The number of hydrogen-bond donors (Lipinski definition) is 2. The summed E-state index contributed by atoms with van der Waals surface area (Å²) in [7, 11) is 0. The molecule has 19 heavy (non-hydrogen) atoms. The first-order chi connectivity index (χ1) is 9.28. The SMILES string of the molecule is CCNCc1cnc(N2CC3CCC(O)C3C2)nc1. The van der Waals surface area contributed by atoms with Gasteiger partial charge in [-0.05, 0) is 25.3 Å². The summed E-state index contributed by atoms with van der Waals surface area (Å²) in [6.45, 7) is 5.76. The van der Waals surface area contributed by atoms with E-state index < -0.39 is 0 Å². The molecule has 2 fully saturated rings. The molecule has 3 rings (SSSR count). The van der Waals surface area contributed by atoms with E-state index in [0.717, 1.165) is 50.5 Å². The average Bonchev–Trinajstić information content (AvgIpc) is 3.00. The molecule has 0 aromatic carbocycles. The molecule has 1 aliphatic carbocycles. The van der Waals surface area contributed by atoms with Crippen molar-refractivity contribution in [2.75, 3.05) is 24.5 Å². The fourth-order valence-electron chi connectivity index (χ4n) is 3.27. The molecule has 0 radical (unpaired) electrons. The van der Waals surface area contributed by atoms with Crippen molar-refractivity contribution < 1.29 is 5.11 Å². The number of nitrogens with zero attached hydrogens (tertiary/aromatic N) is 3. The van der Waals surface area contributed by atoms with Crippen LogP contribution in [0.15, 0.2) is 12.4 Å². The van der Waals surface area contributed by atoms with Crippen molar-refractivity contribution in [2.45, 2.75) is 32.4 Å². The highest BCUT2D eigenvalue weighted by atomic mass is 16.3. The Balaban J connectivity index is 1.64. The molecule has 2 heterocycles. The van der Waals surface area contributed by atoms with E-state index in [4.69, 9.17) is 0 Å². The monoisotopic (exact) mass is 262 g/mol. The van der Waals surface area contributed by atoms with E-state index in [-0.39, 0.29) is 6.10 Å². The van der Waals surface area contributed by atoms with Crippen molar-refractivity contribution in [3.05, 3.63) is 18.0 Å². The molecule has 104 valence electrons. The lowest BCUT2D eigenvalue weighted by Gasteiger charge is -2.18. The number of aliphatic hydroxyl groups is 1. The molecule has 1 aliphatic heterocycles. The van der Waals surface area contributed by atoms with Crippen LogP contribution in [0.25, 0.3) is 0 Å². The van der Waals surface area contributed by atoms with E-state index in [0.29, 0.717) is 11.8 Å². The average molecular weight is 262 g/mol. The minimum absolute atomic E-state index is 0.122. The zero-order valence-corrected chi connectivity index (χ0v) is 11.4. The maximum absolute atomic E-state index is 9.93. The second-order valence-corrected chi connectivity index (χ2v) is 5.65. The molecule has 1 aromatic heterocycles. The highest BCUT2D eigenvalue weighted by Gasteiger charge is 2.42. The van der Waals surface area contributed by atoms with Gasteiger partial charge in [0.1, 0.15) is 0 Å². The predicted octanol–water partition coefficient (Wildman–Crippen LogP) is 0.793. The molecule has 2 N–H and O–H groups in total. The second-order valence-electron chi connectivity index (χ2n) is 5.65. The van der Waals surface area contributed by atoms with Gasteiger partial charge in [-0.25, -0.2) is 9.97 Å². The fourth-order valence-corrected chi connectivity index (χ4v) is 3.27. The van der Waals surface area contributed by atoms with Crippen LogP contribution in [0, 0.1) is 11.8 Å². The van der Waals surface area contributed by atoms with E-state index in [2.05, 4.69) is 27.1 Å². The smallest absolute Gasteiger partial charge is 0.225 e. The number of aromatic nitrogens is 2. The zero-order valence-electron chi connectivity index (χ0n) is 11.4. The molecule has 1 saturated heterocycles. The number of fused-ring (bicyclic) bond motifs is 1. The molecule has 5 heteroatoms. The van der Waals surface area contributed by atoms with Crippen molar-refractivity contribution in [3.8, 4) is 0 Å². The Morgan fingerprint density at radius 2 is 2.11 bits per heavy atom. The van der Waals surface area contributed by atoms with Gasteiger partial charge in [-0.15, -0.1) is 0 Å². The lowest BCUT2D eigenvalue weighted by Crippen LogP contribution is -2.26. The van der Waals surface area contributed by atoms with Crippen LogP contribution in [-0.2, 0) is 6.54 Å². The van der Waals surface area contributed by atoms with Gasteiger partial charge in [-0.2, -0.15) is 0 Å². The van der Waals surface area contributed by atoms with Crippen LogP contribution in [0.5, 0.6) is 0 Å². The van der Waals surface area contributed by atoms with Crippen molar-refractivity contribution in [2.24, 2.45) is 11.8 Å². The summed E-state index contributed by atoms with van der Waals surface area (Å²) in [6, 6.07) is 0. The van der Waals surface area contributed by atoms with Gasteiger partial charge in [-0.3, -0.25) is 0 Å².